The van der Waals surface area contributed by atoms with Crippen molar-refractivity contribution in [2.24, 2.45) is 11.8 Å². The first kappa shape index (κ1) is 19.0. The van der Waals surface area contributed by atoms with Crippen LogP contribution in [0.5, 0.6) is 5.75 Å². The second kappa shape index (κ2) is 9.23. The minimum absolute atomic E-state index is 0.140. The first-order valence-electron chi connectivity index (χ1n) is 8.48. The van der Waals surface area contributed by atoms with E-state index in [4.69, 9.17) is 22.2 Å². The largest absolute Gasteiger partial charge is 0.484 e. The van der Waals surface area contributed by atoms with Gasteiger partial charge in [-0.15, -0.1) is 0 Å². The van der Waals surface area contributed by atoms with E-state index in [0.717, 1.165) is 6.42 Å². The molecule has 1 aliphatic rings. The van der Waals surface area contributed by atoms with E-state index in [2.05, 4.69) is 30.0 Å². The molecule has 3 N–H and O–H groups in total. The standard InChI is InChI=1S/C18H24N4O2S/c1-12-4-3-5-16(13(12)2)20-18(25)22-21-17(23)11-24-15-8-6-14(10-19)7-9-15/h6-9,12-13,16H,3-5,11H2,1-2H3,(H,21,23)(H2,20,22,25)/t12-,13+,16-/m0/s1. The molecule has 1 aliphatic carbocycles. The number of rotatable bonds is 4. The van der Waals surface area contributed by atoms with Crippen molar-refractivity contribution in [3.8, 4) is 11.8 Å². The van der Waals surface area contributed by atoms with Crippen molar-refractivity contribution in [2.45, 2.75) is 39.2 Å². The van der Waals surface area contributed by atoms with E-state index in [-0.39, 0.29) is 12.5 Å². The fourth-order valence-corrected chi connectivity index (χ4v) is 3.13. The summed E-state index contributed by atoms with van der Waals surface area (Å²) >= 11 is 5.24. The number of nitrogens with one attached hydrogen (secondary N) is 3. The molecule has 1 amide bonds. The van der Waals surface area contributed by atoms with Gasteiger partial charge >= 0.3 is 0 Å². The van der Waals surface area contributed by atoms with E-state index in [1.165, 1.54) is 12.8 Å². The minimum atomic E-state index is -0.335. The van der Waals surface area contributed by atoms with Gasteiger partial charge in [-0.05, 0) is 54.7 Å². The lowest BCUT2D eigenvalue weighted by molar-refractivity contribution is -0.123. The predicted molar refractivity (Wildman–Crippen MR) is 99.6 cm³/mol. The van der Waals surface area contributed by atoms with E-state index in [1.807, 2.05) is 6.07 Å². The maximum Gasteiger partial charge on any atom is 0.276 e. The zero-order valence-corrected chi connectivity index (χ0v) is 15.4. The maximum atomic E-state index is 11.8. The molecule has 0 spiro atoms. The number of hydrogen-bond donors (Lipinski definition) is 3. The van der Waals surface area contributed by atoms with Crippen LogP contribution in [-0.2, 0) is 4.79 Å². The van der Waals surface area contributed by atoms with Crippen LogP contribution in [0.2, 0.25) is 0 Å². The first-order valence-corrected chi connectivity index (χ1v) is 8.88. The number of carbonyl (C=O) groups is 1. The first-order chi connectivity index (χ1) is 12.0. The molecule has 134 valence electrons. The molecular formula is C18H24N4O2S. The third-order valence-corrected chi connectivity index (χ3v) is 4.91. The SMILES string of the molecule is C[C@H]1[C@@H](NC(=S)NNC(=O)COc2ccc(C#N)cc2)CCC[C@@H]1C. The third-order valence-electron chi connectivity index (χ3n) is 4.69. The lowest BCUT2D eigenvalue weighted by Crippen LogP contribution is -2.53. The van der Waals surface area contributed by atoms with Crippen LogP contribution < -0.4 is 20.9 Å². The number of nitrogens with zero attached hydrogens (tertiary/aromatic N) is 1. The molecule has 0 heterocycles. The van der Waals surface area contributed by atoms with Crippen LogP contribution in [0.1, 0.15) is 38.7 Å². The van der Waals surface area contributed by atoms with Crippen molar-refractivity contribution in [1.82, 2.24) is 16.2 Å². The Balaban J connectivity index is 1.68. The van der Waals surface area contributed by atoms with Gasteiger partial charge in [0.05, 0.1) is 11.6 Å². The Bertz CT molecular complexity index is 641. The number of nitriles is 1. The zero-order chi connectivity index (χ0) is 18.2. The highest BCUT2D eigenvalue weighted by Crippen LogP contribution is 2.29. The van der Waals surface area contributed by atoms with Gasteiger partial charge in [-0.25, -0.2) is 0 Å². The number of amides is 1. The summed E-state index contributed by atoms with van der Waals surface area (Å²) in [5.41, 5.74) is 5.78. The van der Waals surface area contributed by atoms with Gasteiger partial charge in [-0.2, -0.15) is 5.26 Å². The molecule has 0 aliphatic heterocycles. The Morgan fingerprint density at radius 1 is 1.28 bits per heavy atom. The third kappa shape index (κ3) is 5.91. The summed E-state index contributed by atoms with van der Waals surface area (Å²) in [5.74, 6) is 1.41. The van der Waals surface area contributed by atoms with Gasteiger partial charge in [0.2, 0.25) is 0 Å². The highest BCUT2D eigenvalue weighted by Gasteiger charge is 2.27. The highest BCUT2D eigenvalue weighted by molar-refractivity contribution is 7.80. The number of ether oxygens (including phenoxy) is 1. The molecule has 7 heteroatoms. The van der Waals surface area contributed by atoms with Crippen LogP contribution in [0.4, 0.5) is 0 Å². The number of hydrogen-bond acceptors (Lipinski definition) is 4. The van der Waals surface area contributed by atoms with Crippen molar-refractivity contribution < 1.29 is 9.53 Å². The molecule has 0 unspecified atom stereocenters. The number of carbonyl (C=O) groups excluding carboxylic acids is 1. The summed E-state index contributed by atoms with van der Waals surface area (Å²) in [6, 6.07) is 8.93. The van der Waals surface area contributed by atoms with Crippen molar-refractivity contribution >= 4 is 23.2 Å². The molecule has 1 saturated carbocycles. The monoisotopic (exact) mass is 360 g/mol. The zero-order valence-electron chi connectivity index (χ0n) is 14.5. The highest BCUT2D eigenvalue weighted by atomic mass is 32.1. The molecule has 1 aromatic rings. The molecule has 6 nitrogen and oxygen atoms in total. The van der Waals surface area contributed by atoms with Crippen molar-refractivity contribution in [3.63, 3.8) is 0 Å². The van der Waals surface area contributed by atoms with E-state index < -0.39 is 0 Å². The summed E-state index contributed by atoms with van der Waals surface area (Å²) < 4.78 is 5.36. The van der Waals surface area contributed by atoms with Gasteiger partial charge in [-0.1, -0.05) is 26.7 Å². The number of thiocarbonyl (C=S) groups is 1. The predicted octanol–water partition coefficient (Wildman–Crippen LogP) is 2.26. The summed E-state index contributed by atoms with van der Waals surface area (Å²) in [5, 5.41) is 12.4. The maximum absolute atomic E-state index is 11.8. The van der Waals surface area contributed by atoms with E-state index in [9.17, 15) is 4.79 Å². The van der Waals surface area contributed by atoms with Crippen molar-refractivity contribution in [2.75, 3.05) is 6.61 Å². The molecular weight excluding hydrogens is 336 g/mol. The normalized spacial score (nSPS) is 22.4. The van der Waals surface area contributed by atoms with Gasteiger partial charge in [0, 0.05) is 6.04 Å². The lowest BCUT2D eigenvalue weighted by Gasteiger charge is -2.35. The van der Waals surface area contributed by atoms with E-state index in [1.54, 1.807) is 24.3 Å². The molecule has 25 heavy (non-hydrogen) atoms. The van der Waals surface area contributed by atoms with Crippen LogP contribution in [0.3, 0.4) is 0 Å². The molecule has 1 fully saturated rings. The molecule has 0 aromatic heterocycles. The molecule has 2 rings (SSSR count). The average Bonchev–Trinajstić information content (AvgIpc) is 2.62. The quantitative estimate of drug-likeness (QED) is 0.564. The molecule has 1 aromatic carbocycles. The summed E-state index contributed by atoms with van der Waals surface area (Å²) in [6.07, 6.45) is 3.53. The molecule has 3 atom stereocenters. The van der Waals surface area contributed by atoms with Gasteiger partial charge < -0.3 is 10.1 Å². The fraction of sp³-hybridized carbons (Fsp3) is 0.500. The smallest absolute Gasteiger partial charge is 0.276 e. The molecule has 0 radical (unpaired) electrons. The summed E-state index contributed by atoms with van der Waals surface area (Å²) in [7, 11) is 0. The molecule has 0 bridgehead atoms. The minimum Gasteiger partial charge on any atom is -0.484 e. The Hall–Kier alpha value is -2.33. The van der Waals surface area contributed by atoms with Gasteiger partial charge in [0.25, 0.3) is 5.91 Å². The van der Waals surface area contributed by atoms with Crippen molar-refractivity contribution in [3.05, 3.63) is 29.8 Å². The summed E-state index contributed by atoms with van der Waals surface area (Å²) in [6.45, 7) is 4.35. The van der Waals surface area contributed by atoms with Crippen LogP contribution in [0, 0.1) is 23.2 Å². The lowest BCUT2D eigenvalue weighted by atomic mass is 9.78. The second-order valence-corrected chi connectivity index (χ2v) is 6.85. The van der Waals surface area contributed by atoms with Gasteiger partial charge in [0.1, 0.15) is 5.75 Å². The van der Waals surface area contributed by atoms with Crippen LogP contribution in [0.25, 0.3) is 0 Å². The van der Waals surface area contributed by atoms with Gasteiger partial charge in [-0.3, -0.25) is 15.6 Å². The van der Waals surface area contributed by atoms with E-state index in [0.29, 0.717) is 34.3 Å². The van der Waals surface area contributed by atoms with E-state index >= 15 is 0 Å². The molecule has 0 saturated heterocycles. The fourth-order valence-electron chi connectivity index (χ4n) is 2.93. The Morgan fingerprint density at radius 2 is 2.00 bits per heavy atom. The van der Waals surface area contributed by atoms with Crippen molar-refractivity contribution in [1.29, 1.82) is 5.26 Å². The Morgan fingerprint density at radius 3 is 2.68 bits per heavy atom. The Kier molecular flexibility index (Phi) is 7.02. The average molecular weight is 360 g/mol. The summed E-state index contributed by atoms with van der Waals surface area (Å²) in [4.78, 5) is 11.8. The van der Waals surface area contributed by atoms with Crippen LogP contribution in [0.15, 0.2) is 24.3 Å². The Labute approximate surface area is 153 Å². The van der Waals surface area contributed by atoms with Crippen LogP contribution in [-0.4, -0.2) is 23.7 Å². The van der Waals surface area contributed by atoms with Crippen LogP contribution >= 0.6 is 12.2 Å². The van der Waals surface area contributed by atoms with Gasteiger partial charge in [0.15, 0.2) is 11.7 Å². The second-order valence-electron chi connectivity index (χ2n) is 6.45. The topological polar surface area (TPSA) is 86.2 Å². The number of benzene rings is 1. The number of hydrazine groups is 1.